The van der Waals surface area contributed by atoms with Gasteiger partial charge in [0.25, 0.3) is 0 Å². The number of aliphatic carboxylic acids is 1. The van der Waals surface area contributed by atoms with Crippen LogP contribution in [-0.2, 0) is 11.2 Å². The lowest BCUT2D eigenvalue weighted by Gasteiger charge is -1.97. The third-order valence-electron chi connectivity index (χ3n) is 1.32. The van der Waals surface area contributed by atoms with E-state index >= 15 is 0 Å². The van der Waals surface area contributed by atoms with Crippen molar-refractivity contribution in [1.29, 1.82) is 0 Å². The minimum absolute atomic E-state index is 0.0562. The Kier molecular flexibility index (Phi) is 2.39. The smallest absolute Gasteiger partial charge is 0.330 e. The Hall–Kier alpha value is -1.43. The molecule has 0 saturated heterocycles. The highest BCUT2D eigenvalue weighted by Gasteiger charge is 2.20. The number of nitrogens with two attached hydrogens (primary N) is 1. The molecule has 6 nitrogen and oxygen atoms in total. The third-order valence-corrected chi connectivity index (χ3v) is 1.32. The van der Waals surface area contributed by atoms with E-state index in [9.17, 15) is 4.79 Å². The van der Waals surface area contributed by atoms with E-state index in [-0.39, 0.29) is 5.89 Å². The molecule has 0 bridgehead atoms. The summed E-state index contributed by atoms with van der Waals surface area (Å²) in [5.74, 6) is -0.845. The predicted molar refractivity (Wildman–Crippen MR) is 38.2 cm³/mol. The topological polar surface area (TPSA) is 102 Å². The lowest BCUT2D eigenvalue weighted by atomic mass is 10.3. The molecule has 0 aromatic carbocycles. The summed E-state index contributed by atoms with van der Waals surface area (Å²) in [5.41, 5.74) is 5.21. The molecule has 0 amide bonds. The summed E-state index contributed by atoms with van der Waals surface area (Å²) in [4.78, 5) is 10.3. The minimum Gasteiger partial charge on any atom is -0.480 e. The second-order valence-electron chi connectivity index (χ2n) is 2.20. The van der Waals surface area contributed by atoms with Crippen LogP contribution in [0.4, 0.5) is 0 Å². The fourth-order valence-corrected chi connectivity index (χ4v) is 0.641. The molecule has 3 N–H and O–H groups in total. The van der Waals surface area contributed by atoms with Gasteiger partial charge in [-0.2, -0.15) is 0 Å². The minimum atomic E-state index is -1.22. The molecule has 0 aliphatic rings. The molecule has 1 atom stereocenters. The molecule has 0 saturated carbocycles. The number of hydrogen-bond acceptors (Lipinski definition) is 5. The first-order chi connectivity index (χ1) is 5.65. The Labute approximate surface area is 68.4 Å². The maximum Gasteiger partial charge on any atom is 0.330 e. The molecule has 6 heteroatoms. The number of rotatable bonds is 3. The van der Waals surface area contributed by atoms with Gasteiger partial charge in [-0.25, -0.2) is 4.79 Å². The zero-order chi connectivity index (χ0) is 9.14. The molecule has 1 aromatic rings. The second kappa shape index (κ2) is 3.31. The molecule has 1 heterocycles. The monoisotopic (exact) mass is 171 g/mol. The number of carbonyl (C=O) groups is 1. The van der Waals surface area contributed by atoms with E-state index in [1.807, 2.05) is 6.92 Å². The van der Waals surface area contributed by atoms with Crippen molar-refractivity contribution < 1.29 is 14.3 Å². The summed E-state index contributed by atoms with van der Waals surface area (Å²) in [6.45, 7) is 1.82. The van der Waals surface area contributed by atoms with Gasteiger partial charge < -0.3 is 15.3 Å². The Morgan fingerprint density at radius 1 is 1.75 bits per heavy atom. The van der Waals surface area contributed by atoms with Gasteiger partial charge in [0, 0.05) is 6.42 Å². The molecule has 12 heavy (non-hydrogen) atoms. The Morgan fingerprint density at radius 2 is 2.42 bits per heavy atom. The Balaban J connectivity index is 2.81. The van der Waals surface area contributed by atoms with E-state index in [1.165, 1.54) is 0 Å². The summed E-state index contributed by atoms with van der Waals surface area (Å²) in [5, 5.41) is 15.5. The van der Waals surface area contributed by atoms with Gasteiger partial charge >= 0.3 is 5.97 Å². The lowest BCUT2D eigenvalue weighted by Crippen LogP contribution is -2.20. The number of carboxylic acid groups (broad SMARTS) is 1. The first kappa shape index (κ1) is 8.66. The summed E-state index contributed by atoms with van der Waals surface area (Å²) in [6, 6.07) is -1.22. The molecule has 0 aliphatic carbocycles. The normalized spacial score (nSPS) is 12.8. The molecule has 0 aliphatic heterocycles. The molecular formula is C6H9N3O3. The average Bonchev–Trinajstić information content (AvgIpc) is 2.50. The van der Waals surface area contributed by atoms with Gasteiger partial charge in [-0.3, -0.25) is 0 Å². The van der Waals surface area contributed by atoms with Crippen LogP contribution >= 0.6 is 0 Å². The number of carboxylic acids is 1. The van der Waals surface area contributed by atoms with Crippen LogP contribution in [0.2, 0.25) is 0 Å². The highest BCUT2D eigenvalue weighted by Crippen LogP contribution is 2.08. The van der Waals surface area contributed by atoms with Crippen LogP contribution in [0.5, 0.6) is 0 Å². The highest BCUT2D eigenvalue weighted by atomic mass is 16.4. The van der Waals surface area contributed by atoms with E-state index in [1.54, 1.807) is 0 Å². The maximum absolute atomic E-state index is 10.3. The van der Waals surface area contributed by atoms with Crippen molar-refractivity contribution in [2.75, 3.05) is 0 Å². The average molecular weight is 171 g/mol. The van der Waals surface area contributed by atoms with Crippen molar-refractivity contribution in [3.05, 3.63) is 11.8 Å². The Bertz CT molecular complexity index is 283. The Morgan fingerprint density at radius 3 is 2.83 bits per heavy atom. The van der Waals surface area contributed by atoms with Crippen molar-refractivity contribution in [1.82, 2.24) is 10.2 Å². The molecule has 1 aromatic heterocycles. The lowest BCUT2D eigenvalue weighted by molar-refractivity contribution is -0.139. The van der Waals surface area contributed by atoms with Crippen molar-refractivity contribution in [3.63, 3.8) is 0 Å². The van der Waals surface area contributed by atoms with Gasteiger partial charge in [0.2, 0.25) is 11.8 Å². The van der Waals surface area contributed by atoms with Crippen LogP contribution < -0.4 is 5.73 Å². The van der Waals surface area contributed by atoms with E-state index in [0.29, 0.717) is 12.3 Å². The largest absolute Gasteiger partial charge is 0.480 e. The summed E-state index contributed by atoms with van der Waals surface area (Å²) < 4.78 is 4.93. The number of aromatic nitrogens is 2. The van der Waals surface area contributed by atoms with Crippen LogP contribution in [0.3, 0.4) is 0 Å². The number of aryl methyl sites for hydroxylation is 1. The highest BCUT2D eigenvalue weighted by molar-refractivity contribution is 5.73. The molecule has 66 valence electrons. The summed E-state index contributed by atoms with van der Waals surface area (Å²) in [6.07, 6.45) is 0.569. The third kappa shape index (κ3) is 1.59. The van der Waals surface area contributed by atoms with Crippen molar-refractivity contribution in [2.24, 2.45) is 5.73 Å². The fourth-order valence-electron chi connectivity index (χ4n) is 0.641. The molecule has 1 rings (SSSR count). The number of nitrogens with zero attached hydrogens (tertiary/aromatic N) is 2. The van der Waals surface area contributed by atoms with Crippen LogP contribution in [0.25, 0.3) is 0 Å². The van der Waals surface area contributed by atoms with Crippen molar-refractivity contribution in [3.8, 4) is 0 Å². The second-order valence-corrected chi connectivity index (χ2v) is 2.20. The van der Waals surface area contributed by atoms with Gasteiger partial charge in [-0.1, -0.05) is 6.92 Å². The zero-order valence-corrected chi connectivity index (χ0v) is 6.52. The predicted octanol–water partition coefficient (Wildman–Crippen LogP) is -0.284. The van der Waals surface area contributed by atoms with Crippen LogP contribution in [-0.4, -0.2) is 21.3 Å². The van der Waals surface area contributed by atoms with E-state index < -0.39 is 12.0 Å². The standard InChI is InChI=1S/C6H9N3O3/c1-2-3-8-9-5(12-3)4(7)6(10)11/h4H,2,7H2,1H3,(H,10,11). The molecular weight excluding hydrogens is 162 g/mol. The molecule has 0 spiro atoms. The summed E-state index contributed by atoms with van der Waals surface area (Å²) >= 11 is 0. The van der Waals surface area contributed by atoms with Gasteiger partial charge in [0.1, 0.15) is 0 Å². The van der Waals surface area contributed by atoms with Gasteiger partial charge in [-0.05, 0) is 0 Å². The SMILES string of the molecule is CCc1nnc(C(N)C(=O)O)o1. The quantitative estimate of drug-likeness (QED) is 0.648. The first-order valence-electron chi connectivity index (χ1n) is 3.45. The van der Waals surface area contributed by atoms with Crippen LogP contribution in [0, 0.1) is 0 Å². The molecule has 0 radical (unpaired) electrons. The van der Waals surface area contributed by atoms with E-state index in [0.717, 1.165) is 0 Å². The van der Waals surface area contributed by atoms with Crippen molar-refractivity contribution >= 4 is 5.97 Å². The van der Waals surface area contributed by atoms with Gasteiger partial charge in [0.05, 0.1) is 0 Å². The van der Waals surface area contributed by atoms with Gasteiger partial charge in [-0.15, -0.1) is 10.2 Å². The maximum atomic E-state index is 10.3. The van der Waals surface area contributed by atoms with Crippen LogP contribution in [0.1, 0.15) is 24.7 Å². The van der Waals surface area contributed by atoms with E-state index in [4.69, 9.17) is 15.3 Å². The summed E-state index contributed by atoms with van der Waals surface area (Å²) in [7, 11) is 0. The van der Waals surface area contributed by atoms with Crippen LogP contribution in [0.15, 0.2) is 4.42 Å². The van der Waals surface area contributed by atoms with E-state index in [2.05, 4.69) is 10.2 Å². The zero-order valence-electron chi connectivity index (χ0n) is 6.52. The number of hydrogen-bond donors (Lipinski definition) is 2. The van der Waals surface area contributed by atoms with Crippen molar-refractivity contribution in [2.45, 2.75) is 19.4 Å². The first-order valence-corrected chi connectivity index (χ1v) is 3.45. The molecule has 1 unspecified atom stereocenters. The molecule has 0 fully saturated rings. The van der Waals surface area contributed by atoms with Gasteiger partial charge in [0.15, 0.2) is 6.04 Å². The fraction of sp³-hybridized carbons (Fsp3) is 0.500.